The van der Waals surface area contributed by atoms with Gasteiger partial charge in [-0.3, -0.25) is 4.79 Å². The molecule has 1 N–H and O–H groups in total. The standard InChI is InChI=1S/C23H20BrClN2O4/c1-29-21-12-17(11-18(24)23(21)31-14-16-7-3-2-4-8-16)13-26-27-22(28)15-30-20-10-6-5-9-19(20)25/h2-13H,14-15H2,1H3,(H,27,28)/b26-13-. The van der Waals surface area contributed by atoms with Crippen LogP contribution in [0.4, 0.5) is 0 Å². The Labute approximate surface area is 193 Å². The van der Waals surface area contributed by atoms with Gasteiger partial charge in [0.05, 0.1) is 22.8 Å². The predicted octanol–water partition coefficient (Wildman–Crippen LogP) is 5.22. The van der Waals surface area contributed by atoms with Crippen molar-refractivity contribution in [2.75, 3.05) is 13.7 Å². The third-order valence-electron chi connectivity index (χ3n) is 4.08. The summed E-state index contributed by atoms with van der Waals surface area (Å²) in [6.07, 6.45) is 1.50. The molecule has 3 aromatic carbocycles. The molecule has 6 nitrogen and oxygen atoms in total. The van der Waals surface area contributed by atoms with Gasteiger partial charge in [-0.15, -0.1) is 0 Å². The molecule has 1 amide bonds. The SMILES string of the molecule is COc1cc(/C=N\NC(=O)COc2ccccc2Cl)cc(Br)c1OCc1ccccc1. The minimum absolute atomic E-state index is 0.208. The fourth-order valence-corrected chi connectivity index (χ4v) is 3.36. The van der Waals surface area contributed by atoms with Crippen molar-refractivity contribution in [3.05, 3.63) is 87.4 Å². The van der Waals surface area contributed by atoms with Crippen molar-refractivity contribution < 1.29 is 19.0 Å². The normalized spacial score (nSPS) is 10.7. The second-order valence-electron chi connectivity index (χ2n) is 6.32. The molecule has 0 saturated heterocycles. The van der Waals surface area contributed by atoms with E-state index in [9.17, 15) is 4.79 Å². The highest BCUT2D eigenvalue weighted by Crippen LogP contribution is 2.36. The van der Waals surface area contributed by atoms with Crippen molar-refractivity contribution in [1.29, 1.82) is 0 Å². The molecule has 0 aromatic heterocycles. The van der Waals surface area contributed by atoms with Gasteiger partial charge in [0.1, 0.15) is 12.4 Å². The number of hydrazone groups is 1. The van der Waals surface area contributed by atoms with Gasteiger partial charge in [-0.2, -0.15) is 5.10 Å². The summed E-state index contributed by atoms with van der Waals surface area (Å²) in [6.45, 7) is 0.199. The lowest BCUT2D eigenvalue weighted by molar-refractivity contribution is -0.123. The van der Waals surface area contributed by atoms with E-state index in [-0.39, 0.29) is 6.61 Å². The van der Waals surface area contributed by atoms with Crippen molar-refractivity contribution >= 4 is 39.7 Å². The molecular weight excluding hydrogens is 484 g/mol. The van der Waals surface area contributed by atoms with Gasteiger partial charge in [0.25, 0.3) is 5.91 Å². The Hall–Kier alpha value is -3.03. The fraction of sp³-hybridized carbons (Fsp3) is 0.130. The molecule has 0 aliphatic rings. The molecule has 160 valence electrons. The quantitative estimate of drug-likeness (QED) is 0.321. The van der Waals surface area contributed by atoms with Crippen molar-refractivity contribution in [2.24, 2.45) is 5.10 Å². The van der Waals surface area contributed by atoms with Crippen LogP contribution >= 0.6 is 27.5 Å². The summed E-state index contributed by atoms with van der Waals surface area (Å²) in [4.78, 5) is 11.9. The minimum atomic E-state index is -0.412. The first kappa shape index (κ1) is 22.7. The number of halogens is 2. The summed E-state index contributed by atoms with van der Waals surface area (Å²) in [6, 6.07) is 20.3. The van der Waals surface area contributed by atoms with Crippen molar-refractivity contribution in [3.8, 4) is 17.2 Å². The number of hydrogen-bond acceptors (Lipinski definition) is 5. The Balaban J connectivity index is 1.58. The van der Waals surface area contributed by atoms with Gasteiger partial charge >= 0.3 is 0 Å². The first-order valence-electron chi connectivity index (χ1n) is 9.30. The van der Waals surface area contributed by atoms with Crippen LogP contribution in [0.25, 0.3) is 0 Å². The van der Waals surface area contributed by atoms with E-state index in [2.05, 4.69) is 26.5 Å². The summed E-state index contributed by atoms with van der Waals surface area (Å²) in [5, 5.41) is 4.40. The molecule has 0 spiro atoms. The fourth-order valence-electron chi connectivity index (χ4n) is 2.60. The van der Waals surface area contributed by atoms with E-state index in [0.717, 1.165) is 5.56 Å². The maximum absolute atomic E-state index is 11.9. The van der Waals surface area contributed by atoms with E-state index in [1.807, 2.05) is 36.4 Å². The average molecular weight is 504 g/mol. The lowest BCUT2D eigenvalue weighted by Crippen LogP contribution is -2.24. The van der Waals surface area contributed by atoms with Crippen LogP contribution in [0.15, 0.2) is 76.3 Å². The Bertz CT molecular complexity index is 1060. The lowest BCUT2D eigenvalue weighted by atomic mass is 10.2. The van der Waals surface area contributed by atoms with Crippen molar-refractivity contribution in [2.45, 2.75) is 6.61 Å². The number of hydrogen-bond donors (Lipinski definition) is 1. The Morgan fingerprint density at radius 1 is 1.06 bits per heavy atom. The highest BCUT2D eigenvalue weighted by atomic mass is 79.9. The summed E-state index contributed by atoms with van der Waals surface area (Å²) in [5.74, 6) is 1.15. The first-order valence-corrected chi connectivity index (χ1v) is 10.5. The van der Waals surface area contributed by atoms with E-state index in [1.54, 1.807) is 37.4 Å². The highest BCUT2D eigenvalue weighted by molar-refractivity contribution is 9.10. The summed E-state index contributed by atoms with van der Waals surface area (Å²) >= 11 is 9.50. The Kier molecular flexibility index (Phi) is 8.32. The van der Waals surface area contributed by atoms with E-state index in [1.165, 1.54) is 6.21 Å². The molecule has 0 atom stereocenters. The average Bonchev–Trinajstić information content (AvgIpc) is 2.78. The van der Waals surface area contributed by atoms with Crippen molar-refractivity contribution in [1.82, 2.24) is 5.43 Å². The number of carbonyl (C=O) groups is 1. The number of rotatable bonds is 9. The van der Waals surface area contributed by atoms with Crippen LogP contribution < -0.4 is 19.6 Å². The number of nitrogens with one attached hydrogen (secondary N) is 1. The molecule has 8 heteroatoms. The number of methoxy groups -OCH3 is 1. The van der Waals surface area contributed by atoms with E-state index >= 15 is 0 Å². The molecule has 3 aromatic rings. The zero-order valence-electron chi connectivity index (χ0n) is 16.7. The van der Waals surface area contributed by atoms with Crippen LogP contribution in [0.1, 0.15) is 11.1 Å². The summed E-state index contributed by atoms with van der Waals surface area (Å²) in [5.41, 5.74) is 4.17. The molecule has 0 bridgehead atoms. The third kappa shape index (κ3) is 6.73. The number of benzene rings is 3. The largest absolute Gasteiger partial charge is 0.493 e. The molecule has 0 aliphatic heterocycles. The number of para-hydroxylation sites is 1. The van der Waals surface area contributed by atoms with Gasteiger partial charge < -0.3 is 14.2 Å². The second kappa shape index (κ2) is 11.4. The molecule has 0 aliphatic carbocycles. The number of ether oxygens (including phenoxy) is 3. The number of carbonyl (C=O) groups excluding carboxylic acids is 1. The van der Waals surface area contributed by atoms with Crippen LogP contribution in [0.3, 0.4) is 0 Å². The van der Waals surface area contributed by atoms with Crippen molar-refractivity contribution in [3.63, 3.8) is 0 Å². The maximum atomic E-state index is 11.9. The maximum Gasteiger partial charge on any atom is 0.277 e. The van der Waals surface area contributed by atoms with Gasteiger partial charge in [0.15, 0.2) is 18.1 Å². The number of nitrogens with zero attached hydrogens (tertiary/aromatic N) is 1. The van der Waals surface area contributed by atoms with Gasteiger partial charge in [-0.05, 0) is 51.3 Å². The van der Waals surface area contributed by atoms with Gasteiger partial charge in [-0.25, -0.2) is 5.43 Å². The molecular formula is C23H20BrClN2O4. The smallest absolute Gasteiger partial charge is 0.277 e. The van der Waals surface area contributed by atoms with Crippen LogP contribution in [-0.4, -0.2) is 25.8 Å². The van der Waals surface area contributed by atoms with Crippen LogP contribution in [0.5, 0.6) is 17.2 Å². The summed E-state index contributed by atoms with van der Waals surface area (Å²) < 4.78 is 17.4. The first-order chi connectivity index (χ1) is 15.1. The predicted molar refractivity (Wildman–Crippen MR) is 124 cm³/mol. The minimum Gasteiger partial charge on any atom is -0.493 e. The molecule has 0 fully saturated rings. The van der Waals surface area contributed by atoms with Gasteiger partial charge in [-0.1, -0.05) is 54.1 Å². The van der Waals surface area contributed by atoms with E-state index in [0.29, 0.717) is 38.9 Å². The molecule has 0 heterocycles. The van der Waals surface area contributed by atoms with Gasteiger partial charge in [0, 0.05) is 0 Å². The lowest BCUT2D eigenvalue weighted by Gasteiger charge is -2.13. The second-order valence-corrected chi connectivity index (χ2v) is 7.58. The van der Waals surface area contributed by atoms with Gasteiger partial charge in [0.2, 0.25) is 0 Å². The van der Waals surface area contributed by atoms with Crippen LogP contribution in [0.2, 0.25) is 5.02 Å². The molecule has 0 unspecified atom stereocenters. The van der Waals surface area contributed by atoms with E-state index in [4.69, 9.17) is 25.8 Å². The molecule has 31 heavy (non-hydrogen) atoms. The number of amides is 1. The highest BCUT2D eigenvalue weighted by Gasteiger charge is 2.12. The summed E-state index contributed by atoms with van der Waals surface area (Å²) in [7, 11) is 1.56. The molecule has 3 rings (SSSR count). The van der Waals surface area contributed by atoms with Crippen LogP contribution in [0, 0.1) is 0 Å². The topological polar surface area (TPSA) is 69.2 Å². The monoisotopic (exact) mass is 502 g/mol. The Morgan fingerprint density at radius 2 is 1.81 bits per heavy atom. The zero-order chi connectivity index (χ0) is 22.1. The molecule has 0 saturated carbocycles. The Morgan fingerprint density at radius 3 is 2.55 bits per heavy atom. The molecule has 0 radical (unpaired) electrons. The zero-order valence-corrected chi connectivity index (χ0v) is 19.0. The van der Waals surface area contributed by atoms with E-state index < -0.39 is 5.91 Å². The third-order valence-corrected chi connectivity index (χ3v) is 4.98. The van der Waals surface area contributed by atoms with Crippen LogP contribution in [-0.2, 0) is 11.4 Å².